The van der Waals surface area contributed by atoms with Crippen molar-refractivity contribution < 1.29 is 4.74 Å². The molecule has 3 nitrogen and oxygen atoms in total. The van der Waals surface area contributed by atoms with Crippen LogP contribution in [0.2, 0.25) is 0 Å². The van der Waals surface area contributed by atoms with E-state index < -0.39 is 0 Å². The molecule has 1 aliphatic heterocycles. The molecule has 3 rings (SSSR count). The van der Waals surface area contributed by atoms with E-state index in [1.54, 1.807) is 0 Å². The molecule has 1 saturated carbocycles. The summed E-state index contributed by atoms with van der Waals surface area (Å²) in [6, 6.07) is 9.25. The van der Waals surface area contributed by atoms with Gasteiger partial charge in [0.25, 0.3) is 0 Å². The minimum Gasteiger partial charge on any atom is -0.492 e. The molecule has 116 valence electrons. The number of benzene rings is 1. The topological polar surface area (TPSA) is 24.5 Å². The van der Waals surface area contributed by atoms with Gasteiger partial charge in [-0.05, 0) is 30.7 Å². The van der Waals surface area contributed by atoms with Crippen molar-refractivity contribution >= 4 is 0 Å². The SMILES string of the molecule is CCC(C)(CNC1CC1)CN1CCOc2ccccc2C1. The van der Waals surface area contributed by atoms with Crippen molar-refractivity contribution in [2.45, 2.75) is 45.7 Å². The van der Waals surface area contributed by atoms with E-state index in [1.807, 2.05) is 0 Å². The highest BCUT2D eigenvalue weighted by atomic mass is 16.5. The molecule has 1 aliphatic carbocycles. The fourth-order valence-corrected chi connectivity index (χ4v) is 3.03. The summed E-state index contributed by atoms with van der Waals surface area (Å²) in [5.41, 5.74) is 1.67. The third-order valence-corrected chi connectivity index (χ3v) is 4.89. The number of rotatable bonds is 6. The standard InChI is InChI=1S/C18H28N2O/c1-3-18(2,13-19-16-8-9-16)14-20-10-11-21-17-7-5-4-6-15(17)12-20/h4-7,16,19H,3,8-14H2,1-2H3. The summed E-state index contributed by atoms with van der Waals surface area (Å²) in [6.45, 7) is 9.83. The molecule has 1 atom stereocenters. The molecule has 0 saturated heterocycles. The first-order chi connectivity index (χ1) is 10.2. The van der Waals surface area contributed by atoms with Gasteiger partial charge in [-0.3, -0.25) is 4.90 Å². The van der Waals surface area contributed by atoms with Crippen molar-refractivity contribution in [1.29, 1.82) is 0 Å². The predicted octanol–water partition coefficient (Wildman–Crippen LogP) is 3.05. The first kappa shape index (κ1) is 14.9. The largest absolute Gasteiger partial charge is 0.492 e. The van der Waals surface area contributed by atoms with Gasteiger partial charge in [-0.1, -0.05) is 32.0 Å². The highest BCUT2D eigenvalue weighted by molar-refractivity contribution is 5.33. The van der Waals surface area contributed by atoms with Crippen LogP contribution in [0.4, 0.5) is 0 Å². The number of nitrogens with zero attached hydrogens (tertiary/aromatic N) is 1. The monoisotopic (exact) mass is 288 g/mol. The fraction of sp³-hybridized carbons (Fsp3) is 0.667. The second-order valence-electron chi connectivity index (χ2n) is 6.99. The maximum atomic E-state index is 5.88. The zero-order valence-corrected chi connectivity index (χ0v) is 13.4. The second-order valence-corrected chi connectivity index (χ2v) is 6.99. The second kappa shape index (κ2) is 6.37. The third-order valence-electron chi connectivity index (χ3n) is 4.89. The fourth-order valence-electron chi connectivity index (χ4n) is 3.03. The highest BCUT2D eigenvalue weighted by Crippen LogP contribution is 2.28. The lowest BCUT2D eigenvalue weighted by molar-refractivity contribution is 0.139. The van der Waals surface area contributed by atoms with Crippen LogP contribution < -0.4 is 10.1 Å². The molecule has 1 heterocycles. The molecule has 21 heavy (non-hydrogen) atoms. The van der Waals surface area contributed by atoms with Gasteiger partial charge < -0.3 is 10.1 Å². The molecule has 1 fully saturated rings. The number of ether oxygens (including phenoxy) is 1. The maximum absolute atomic E-state index is 5.88. The van der Waals surface area contributed by atoms with E-state index in [0.717, 1.165) is 44.6 Å². The van der Waals surface area contributed by atoms with Crippen molar-refractivity contribution in [1.82, 2.24) is 10.2 Å². The summed E-state index contributed by atoms with van der Waals surface area (Å²) in [7, 11) is 0. The minimum absolute atomic E-state index is 0.349. The molecule has 1 aromatic carbocycles. The summed E-state index contributed by atoms with van der Waals surface area (Å²) in [5, 5.41) is 3.71. The predicted molar refractivity (Wildman–Crippen MR) is 86.6 cm³/mol. The Morgan fingerprint density at radius 2 is 2.14 bits per heavy atom. The molecule has 0 radical (unpaired) electrons. The Hall–Kier alpha value is -1.06. The maximum Gasteiger partial charge on any atom is 0.123 e. The van der Waals surface area contributed by atoms with Crippen molar-refractivity contribution in [3.63, 3.8) is 0 Å². The van der Waals surface area contributed by atoms with Gasteiger partial charge in [0.15, 0.2) is 0 Å². The quantitative estimate of drug-likeness (QED) is 0.871. The first-order valence-corrected chi connectivity index (χ1v) is 8.35. The van der Waals surface area contributed by atoms with E-state index >= 15 is 0 Å². The van der Waals surface area contributed by atoms with Crippen LogP contribution in [0.15, 0.2) is 24.3 Å². The molecule has 0 aromatic heterocycles. The van der Waals surface area contributed by atoms with Gasteiger partial charge in [0.1, 0.15) is 12.4 Å². The summed E-state index contributed by atoms with van der Waals surface area (Å²) >= 11 is 0. The van der Waals surface area contributed by atoms with Crippen LogP contribution >= 0.6 is 0 Å². The lowest BCUT2D eigenvalue weighted by Crippen LogP contribution is -2.43. The smallest absolute Gasteiger partial charge is 0.123 e. The first-order valence-electron chi connectivity index (χ1n) is 8.35. The van der Waals surface area contributed by atoms with Crippen LogP contribution in [0, 0.1) is 5.41 Å². The summed E-state index contributed by atoms with van der Waals surface area (Å²) in [5.74, 6) is 1.06. The average Bonchev–Trinajstić information content (AvgIpc) is 3.32. The summed E-state index contributed by atoms with van der Waals surface area (Å²) < 4.78 is 5.88. The van der Waals surface area contributed by atoms with Crippen LogP contribution in [0.1, 0.15) is 38.7 Å². The van der Waals surface area contributed by atoms with Gasteiger partial charge in [-0.25, -0.2) is 0 Å². The molecule has 1 N–H and O–H groups in total. The molecule has 0 spiro atoms. The molecule has 0 amide bonds. The van der Waals surface area contributed by atoms with Crippen LogP contribution in [0.25, 0.3) is 0 Å². The van der Waals surface area contributed by atoms with E-state index in [2.05, 4.69) is 48.3 Å². The van der Waals surface area contributed by atoms with Gasteiger partial charge >= 0.3 is 0 Å². The van der Waals surface area contributed by atoms with Crippen molar-refractivity contribution in [3.8, 4) is 5.75 Å². The van der Waals surface area contributed by atoms with Crippen LogP contribution in [-0.4, -0.2) is 37.2 Å². The molecule has 2 aliphatic rings. The number of hydrogen-bond acceptors (Lipinski definition) is 3. The Labute approximate surface area is 128 Å². The Morgan fingerprint density at radius 3 is 2.90 bits per heavy atom. The molecular formula is C18H28N2O. The molecule has 1 unspecified atom stereocenters. The van der Waals surface area contributed by atoms with Gasteiger partial charge in [-0.15, -0.1) is 0 Å². The Bertz CT molecular complexity index is 472. The van der Waals surface area contributed by atoms with Gasteiger partial charge in [-0.2, -0.15) is 0 Å². The molecular weight excluding hydrogens is 260 g/mol. The van der Waals surface area contributed by atoms with Crippen LogP contribution in [0.3, 0.4) is 0 Å². The molecule has 0 bridgehead atoms. The van der Waals surface area contributed by atoms with E-state index in [0.29, 0.717) is 5.41 Å². The Morgan fingerprint density at radius 1 is 1.33 bits per heavy atom. The lowest BCUT2D eigenvalue weighted by atomic mass is 9.86. The van der Waals surface area contributed by atoms with Crippen molar-refractivity contribution in [2.24, 2.45) is 5.41 Å². The van der Waals surface area contributed by atoms with Gasteiger partial charge in [0, 0.05) is 37.8 Å². The number of fused-ring (bicyclic) bond motifs is 1. The Balaban J connectivity index is 1.62. The molecule has 3 heteroatoms. The minimum atomic E-state index is 0.349. The van der Waals surface area contributed by atoms with E-state index in [1.165, 1.54) is 24.8 Å². The highest BCUT2D eigenvalue weighted by Gasteiger charge is 2.29. The zero-order valence-electron chi connectivity index (χ0n) is 13.4. The van der Waals surface area contributed by atoms with Gasteiger partial charge in [0.2, 0.25) is 0 Å². The lowest BCUT2D eigenvalue weighted by Gasteiger charge is -2.34. The van der Waals surface area contributed by atoms with Gasteiger partial charge in [0.05, 0.1) is 0 Å². The number of hydrogen-bond donors (Lipinski definition) is 1. The number of nitrogens with one attached hydrogen (secondary N) is 1. The normalized spacial score (nSPS) is 22.0. The van der Waals surface area contributed by atoms with Crippen LogP contribution in [0.5, 0.6) is 5.75 Å². The van der Waals surface area contributed by atoms with E-state index in [9.17, 15) is 0 Å². The van der Waals surface area contributed by atoms with Crippen LogP contribution in [-0.2, 0) is 6.54 Å². The van der Waals surface area contributed by atoms with Crippen molar-refractivity contribution in [3.05, 3.63) is 29.8 Å². The summed E-state index contributed by atoms with van der Waals surface area (Å²) in [6.07, 6.45) is 3.95. The Kier molecular flexibility index (Phi) is 4.51. The third kappa shape index (κ3) is 3.98. The average molecular weight is 288 g/mol. The van der Waals surface area contributed by atoms with Crippen molar-refractivity contribution in [2.75, 3.05) is 26.2 Å². The summed E-state index contributed by atoms with van der Waals surface area (Å²) in [4.78, 5) is 2.56. The molecule has 1 aromatic rings. The van der Waals surface area contributed by atoms with E-state index in [4.69, 9.17) is 4.74 Å². The zero-order chi connectivity index (χ0) is 14.7. The van der Waals surface area contributed by atoms with E-state index in [-0.39, 0.29) is 0 Å². The number of para-hydroxylation sites is 1.